The summed E-state index contributed by atoms with van der Waals surface area (Å²) in [5.74, 6) is 1.32. The lowest BCUT2D eigenvalue weighted by Gasteiger charge is -2.38. The second-order valence-corrected chi connectivity index (χ2v) is 30.5. The molecule has 0 saturated carbocycles. The second kappa shape index (κ2) is 27.6. The second-order valence-electron chi connectivity index (χ2n) is 22.7. The molecule has 0 atom stereocenters. The van der Waals surface area contributed by atoms with Crippen LogP contribution in [0.15, 0.2) is 140 Å². The summed E-state index contributed by atoms with van der Waals surface area (Å²) < 4.78 is 111. The third kappa shape index (κ3) is 14.9. The van der Waals surface area contributed by atoms with Gasteiger partial charge >= 0.3 is 6.03 Å². The van der Waals surface area contributed by atoms with Crippen LogP contribution in [0.5, 0.6) is 11.5 Å². The Morgan fingerprint density at radius 2 is 0.977 bits per heavy atom. The maximum atomic E-state index is 12.9. The molecule has 26 heteroatoms. The molecule has 87 heavy (non-hydrogen) atoms. The first-order valence-electron chi connectivity index (χ1n) is 30.1. The third-order valence-electron chi connectivity index (χ3n) is 17.4. The number of hydrogen-bond acceptors (Lipinski definition) is 18. The first kappa shape index (κ1) is 63.6. The smallest absolute Gasteiger partial charge is 0.321 e. The van der Waals surface area contributed by atoms with E-state index in [9.17, 15) is 30.0 Å². The number of sulfonamides is 3. The maximum Gasteiger partial charge on any atom is 0.321 e. The fourth-order valence-corrected chi connectivity index (χ4v) is 19.2. The number of urea groups is 1. The van der Waals surface area contributed by atoms with E-state index in [4.69, 9.17) is 23.7 Å². The molecule has 470 valence electrons. The van der Waals surface area contributed by atoms with Gasteiger partial charge in [0.05, 0.1) is 31.3 Å². The van der Waals surface area contributed by atoms with Crippen molar-refractivity contribution in [2.45, 2.75) is 102 Å². The predicted molar refractivity (Wildman–Crippen MR) is 335 cm³/mol. The van der Waals surface area contributed by atoms with E-state index in [2.05, 4.69) is 45.6 Å². The lowest BCUT2D eigenvalue weighted by Crippen LogP contribution is -2.53. The van der Waals surface area contributed by atoms with Crippen molar-refractivity contribution in [1.29, 1.82) is 0 Å². The average molecular weight is 1290 g/mol. The predicted octanol–water partition coefficient (Wildman–Crippen LogP) is 7.62. The molecule has 0 aliphatic carbocycles. The zero-order chi connectivity index (χ0) is 60.6. The molecule has 2 aromatic heterocycles. The number of nitrogens with one attached hydrogen (secondary N) is 5. The number of thiophene rings is 2. The van der Waals surface area contributed by atoms with Crippen molar-refractivity contribution in [2.24, 2.45) is 0 Å². The molecule has 8 fully saturated rings. The molecule has 10 heterocycles. The van der Waals surface area contributed by atoms with Crippen molar-refractivity contribution in [3.8, 4) is 11.5 Å². The van der Waals surface area contributed by atoms with Crippen molar-refractivity contribution in [3.05, 3.63) is 132 Å². The quantitative estimate of drug-likeness (QED) is 0.0886. The lowest BCUT2D eigenvalue weighted by atomic mass is 10.0. The molecule has 8 aliphatic rings. The van der Waals surface area contributed by atoms with Gasteiger partial charge in [-0.25, -0.2) is 30.0 Å². The van der Waals surface area contributed by atoms with E-state index < -0.39 is 30.1 Å². The molecule has 4 aromatic carbocycles. The molecule has 0 radical (unpaired) electrons. The summed E-state index contributed by atoms with van der Waals surface area (Å²) in [4.78, 5) is 14.9. The summed E-state index contributed by atoms with van der Waals surface area (Å²) in [5, 5.41) is 20.8. The van der Waals surface area contributed by atoms with Crippen LogP contribution in [0, 0.1) is 0 Å². The Morgan fingerprint density at radius 3 is 1.45 bits per heavy atom. The van der Waals surface area contributed by atoms with Gasteiger partial charge in [-0.15, -0.1) is 22.7 Å². The fraction of sp³-hybridized carbons (Fsp3) is 0.492. The van der Waals surface area contributed by atoms with Gasteiger partial charge in [-0.05, 0) is 78.0 Å². The normalized spacial score (nSPS) is 21.9. The zero-order valence-electron chi connectivity index (χ0n) is 49.0. The van der Waals surface area contributed by atoms with Crippen LogP contribution >= 0.6 is 22.7 Å². The highest BCUT2D eigenvalue weighted by Gasteiger charge is 2.45. The molecule has 5 N–H and O–H groups in total. The number of nitrogens with zero attached hydrogens (tertiary/aromatic N) is 4. The van der Waals surface area contributed by atoms with Crippen molar-refractivity contribution >= 4 is 74.5 Å². The summed E-state index contributed by atoms with van der Waals surface area (Å²) >= 11 is 2.75. The van der Waals surface area contributed by atoms with Crippen LogP contribution in [-0.4, -0.2) is 177 Å². The first-order valence-corrected chi connectivity index (χ1v) is 36.1. The molecule has 21 nitrogen and oxygen atoms in total. The number of piperidine rings is 4. The van der Waals surface area contributed by atoms with Crippen molar-refractivity contribution in [2.75, 3.05) is 110 Å². The number of anilines is 1. The third-order valence-corrected chi connectivity index (χ3v) is 25.6. The average Bonchev–Trinajstić information content (AvgIpc) is 2.65. The molecular formula is C61H79N9O12S5. The highest BCUT2D eigenvalue weighted by atomic mass is 32.2. The summed E-state index contributed by atoms with van der Waals surface area (Å²) in [6.45, 7) is 12.9. The summed E-state index contributed by atoms with van der Waals surface area (Å²) in [7, 11) is -10.2. The molecule has 6 aromatic rings. The molecule has 8 saturated heterocycles. The van der Waals surface area contributed by atoms with Gasteiger partial charge in [0.15, 0.2) is 0 Å². The number of fused-ring (bicyclic) bond motifs is 1. The number of amides is 2. The Bertz CT molecular complexity index is 3540. The van der Waals surface area contributed by atoms with Crippen LogP contribution in [0.25, 0.3) is 10.1 Å². The van der Waals surface area contributed by atoms with Crippen LogP contribution < -0.4 is 31.3 Å². The fourth-order valence-electron chi connectivity index (χ4n) is 12.2. The monoisotopic (exact) mass is 1290 g/mol. The van der Waals surface area contributed by atoms with E-state index in [1.165, 1.54) is 32.5 Å². The lowest BCUT2D eigenvalue weighted by molar-refractivity contribution is -0.0487. The SMILES string of the molecule is CCc1ccc(NC(=O)N2CCC3(CC2)NCCO3)cc1.O=S(=O)(c1ccc(Oc2ccccc2)cc1)N1CCC2(CC1)NCCO2.O=S(=O)(c1cccs1)N1CCC2(CC1)NCCO2.O=S(=O)(c1csc2ccccc12)N1CCC2(CC1)NCCO2. The van der Waals surface area contributed by atoms with Crippen molar-refractivity contribution in [3.63, 3.8) is 0 Å². The van der Waals surface area contributed by atoms with E-state index in [-0.39, 0.29) is 33.8 Å². The number of hydrogen-bond donors (Lipinski definition) is 5. The minimum absolute atomic E-state index is 0.0212. The number of rotatable bonds is 10. The van der Waals surface area contributed by atoms with Gasteiger partial charge in [0, 0.05) is 151 Å². The van der Waals surface area contributed by atoms with Gasteiger partial charge in [0.25, 0.3) is 10.0 Å². The minimum atomic E-state index is -3.50. The van der Waals surface area contributed by atoms with Gasteiger partial charge in [-0.3, -0.25) is 21.3 Å². The molecule has 4 spiro atoms. The largest absolute Gasteiger partial charge is 0.457 e. The highest BCUT2D eigenvalue weighted by Crippen LogP contribution is 2.37. The van der Waals surface area contributed by atoms with Gasteiger partial charge in [-0.2, -0.15) is 12.9 Å². The molecule has 0 unspecified atom stereocenters. The van der Waals surface area contributed by atoms with Gasteiger partial charge in [-0.1, -0.05) is 61.5 Å². The molecular weight excluding hydrogens is 1210 g/mol. The van der Waals surface area contributed by atoms with E-state index in [1.54, 1.807) is 55.8 Å². The standard InChI is InChI=1S/C19H22N2O4S.C16H23N3O2.C15H18N2O3S2.C11H16N2O3S2/c22-26(23,21-13-10-19(11-14-21)20-12-15-24-19)18-8-6-17(7-9-18)25-16-4-2-1-3-5-16;1-2-13-3-5-14(6-4-13)18-15(20)19-10-7-16(8-11-19)17-9-12-21-16;18-22(19,14-11-21-13-4-2-1-3-12(13)14)17-8-5-15(6-9-17)16-7-10-20-15;14-18(15,10-2-1-9-17-10)13-6-3-11(4-7-13)12-5-8-16-11/h1-9,20H,10-15H2;3-6,17H,2,7-12H2,1H3,(H,18,20);1-4,11,16H,5-10H2;1-2,9,12H,3-8H2. The van der Waals surface area contributed by atoms with Gasteiger partial charge < -0.3 is 33.9 Å². The Morgan fingerprint density at radius 1 is 0.517 bits per heavy atom. The van der Waals surface area contributed by atoms with Gasteiger partial charge in [0.1, 0.15) is 43.5 Å². The Kier molecular flexibility index (Phi) is 20.2. The Labute approximate surface area is 519 Å². The number of ether oxygens (including phenoxy) is 5. The van der Waals surface area contributed by atoms with Crippen LogP contribution in [0.4, 0.5) is 10.5 Å². The van der Waals surface area contributed by atoms with Gasteiger partial charge in [0.2, 0.25) is 20.0 Å². The Hall–Kier alpha value is -4.98. The highest BCUT2D eigenvalue weighted by molar-refractivity contribution is 7.91. The van der Waals surface area contributed by atoms with E-state index in [0.717, 1.165) is 100 Å². The zero-order valence-corrected chi connectivity index (χ0v) is 53.1. The van der Waals surface area contributed by atoms with Crippen LogP contribution in [-0.2, 0) is 55.4 Å². The number of aryl methyl sites for hydroxylation is 1. The number of para-hydroxylation sites is 1. The summed E-state index contributed by atoms with van der Waals surface area (Å²) in [6, 6.07) is 35.1. The first-order chi connectivity index (χ1) is 42.0. The molecule has 0 bridgehead atoms. The number of likely N-dealkylation sites (tertiary alicyclic amines) is 1. The molecule has 8 aliphatic heterocycles. The minimum Gasteiger partial charge on any atom is -0.457 e. The van der Waals surface area contributed by atoms with E-state index in [0.29, 0.717) is 98.8 Å². The number of carbonyl (C=O) groups is 1. The van der Waals surface area contributed by atoms with E-state index in [1.807, 2.05) is 71.6 Å². The topological polar surface area (TPSA) is 239 Å². The summed E-state index contributed by atoms with van der Waals surface area (Å²) in [6.07, 6.45) is 6.90. The van der Waals surface area contributed by atoms with E-state index >= 15 is 0 Å². The number of benzene rings is 4. The van der Waals surface area contributed by atoms with Crippen molar-refractivity contribution in [1.82, 2.24) is 39.1 Å². The maximum absolute atomic E-state index is 12.9. The van der Waals surface area contributed by atoms with Crippen molar-refractivity contribution < 1.29 is 53.7 Å². The molecule has 2 amide bonds. The van der Waals surface area contributed by atoms with Crippen LogP contribution in [0.3, 0.4) is 0 Å². The summed E-state index contributed by atoms with van der Waals surface area (Å²) in [5.41, 5.74) is 1.04. The molecule has 14 rings (SSSR count). The van der Waals surface area contributed by atoms with Crippen LogP contribution in [0.1, 0.15) is 63.9 Å². The number of carbonyl (C=O) groups excluding carboxylic acids is 1. The Balaban J connectivity index is 0.000000121. The van der Waals surface area contributed by atoms with Crippen LogP contribution in [0.2, 0.25) is 0 Å².